The van der Waals surface area contributed by atoms with Gasteiger partial charge in [0.05, 0.1) is 10.4 Å². The van der Waals surface area contributed by atoms with Crippen LogP contribution in [0.4, 0.5) is 5.82 Å². The van der Waals surface area contributed by atoms with Gasteiger partial charge in [-0.1, -0.05) is 6.07 Å². The van der Waals surface area contributed by atoms with Crippen molar-refractivity contribution in [3.63, 3.8) is 0 Å². The van der Waals surface area contributed by atoms with Gasteiger partial charge in [-0.15, -0.1) is 16.9 Å². The third kappa shape index (κ3) is 2.63. The van der Waals surface area contributed by atoms with Crippen LogP contribution < -0.4 is 9.64 Å². The third-order valence-electron chi connectivity index (χ3n) is 4.17. The first-order chi connectivity index (χ1) is 10.7. The average molecular weight is 314 g/mol. The Hall–Kier alpha value is -1.82. The van der Waals surface area contributed by atoms with Gasteiger partial charge >= 0.3 is 0 Å². The number of hydrogen-bond donors (Lipinski definition) is 0. The van der Waals surface area contributed by atoms with Crippen molar-refractivity contribution in [2.24, 2.45) is 0 Å². The Kier molecular flexibility index (Phi) is 3.41. The first-order valence-corrected chi connectivity index (χ1v) is 8.48. The molecule has 5 nitrogen and oxygen atoms in total. The van der Waals surface area contributed by atoms with Crippen molar-refractivity contribution in [2.75, 3.05) is 23.7 Å². The molecule has 0 radical (unpaired) electrons. The Labute approximate surface area is 134 Å². The third-order valence-corrected chi connectivity index (χ3v) is 5.74. The van der Waals surface area contributed by atoms with E-state index < -0.39 is 0 Å². The van der Waals surface area contributed by atoms with Crippen molar-refractivity contribution in [2.45, 2.75) is 24.2 Å². The van der Waals surface area contributed by atoms with Crippen LogP contribution in [0.2, 0.25) is 0 Å². The zero-order chi connectivity index (χ0) is 15.0. The summed E-state index contributed by atoms with van der Waals surface area (Å²) < 4.78 is 6.30. The fraction of sp³-hybridized carbons (Fsp3) is 0.438. The van der Waals surface area contributed by atoms with Crippen molar-refractivity contribution in [1.82, 2.24) is 15.2 Å². The van der Waals surface area contributed by atoms with Gasteiger partial charge in [0.1, 0.15) is 6.10 Å². The van der Waals surface area contributed by atoms with Crippen molar-refractivity contribution in [3.05, 3.63) is 42.2 Å². The van der Waals surface area contributed by atoms with Crippen LogP contribution in [-0.2, 0) is 0 Å². The van der Waals surface area contributed by atoms with E-state index in [2.05, 4.69) is 26.1 Å². The normalized spacial score (nSPS) is 22.6. The Morgan fingerprint density at radius 2 is 2.14 bits per heavy atom. The van der Waals surface area contributed by atoms with E-state index in [1.54, 1.807) is 6.20 Å². The van der Waals surface area contributed by atoms with Gasteiger partial charge < -0.3 is 9.64 Å². The second kappa shape index (κ2) is 5.43. The molecule has 114 valence electrons. The summed E-state index contributed by atoms with van der Waals surface area (Å²) in [5.74, 6) is 2.74. The predicted octanol–water partition coefficient (Wildman–Crippen LogP) is 2.32. The van der Waals surface area contributed by atoms with E-state index in [9.17, 15) is 0 Å². The number of nitrogens with zero attached hydrogens (tertiary/aromatic N) is 4. The summed E-state index contributed by atoms with van der Waals surface area (Å²) in [6.45, 7) is 4.01. The molecule has 0 aliphatic carbocycles. The SMILES string of the molecule is Cc1ccc(N2CC3(C[C@@H](Oc4ccccn4)CS3)C2)nn1. The van der Waals surface area contributed by atoms with E-state index in [-0.39, 0.29) is 6.10 Å². The molecule has 1 atom stereocenters. The number of thioether (sulfide) groups is 1. The molecule has 4 rings (SSSR count). The molecule has 0 unspecified atom stereocenters. The Balaban J connectivity index is 1.35. The van der Waals surface area contributed by atoms with Crippen LogP contribution in [0.15, 0.2) is 36.5 Å². The molecule has 2 fully saturated rings. The van der Waals surface area contributed by atoms with E-state index in [1.165, 1.54) is 0 Å². The summed E-state index contributed by atoms with van der Waals surface area (Å²) >= 11 is 2.02. The van der Waals surface area contributed by atoms with Crippen molar-refractivity contribution in [3.8, 4) is 5.88 Å². The van der Waals surface area contributed by atoms with Crippen LogP contribution in [0.5, 0.6) is 5.88 Å². The number of anilines is 1. The lowest BCUT2D eigenvalue weighted by molar-refractivity contribution is 0.194. The molecule has 2 aromatic heterocycles. The van der Waals surface area contributed by atoms with Crippen LogP contribution in [0.3, 0.4) is 0 Å². The number of hydrogen-bond acceptors (Lipinski definition) is 6. The highest BCUT2D eigenvalue weighted by Gasteiger charge is 2.50. The smallest absolute Gasteiger partial charge is 0.213 e. The Morgan fingerprint density at radius 1 is 1.23 bits per heavy atom. The summed E-state index contributed by atoms with van der Waals surface area (Å²) in [5, 5.41) is 8.40. The highest BCUT2D eigenvalue weighted by molar-refractivity contribution is 8.01. The molecule has 1 spiro atoms. The lowest BCUT2D eigenvalue weighted by atomic mass is 9.93. The van der Waals surface area contributed by atoms with Crippen molar-refractivity contribution in [1.29, 1.82) is 0 Å². The first-order valence-electron chi connectivity index (χ1n) is 7.49. The van der Waals surface area contributed by atoms with Crippen LogP contribution >= 0.6 is 11.8 Å². The fourth-order valence-electron chi connectivity index (χ4n) is 3.06. The van der Waals surface area contributed by atoms with E-state index in [0.717, 1.165) is 42.7 Å². The molecule has 6 heteroatoms. The molecular formula is C16H18N4OS. The second-order valence-corrected chi connectivity index (χ2v) is 7.48. The number of aromatic nitrogens is 3. The number of ether oxygens (including phenoxy) is 1. The summed E-state index contributed by atoms with van der Waals surface area (Å²) in [4.78, 5) is 6.54. The highest BCUT2D eigenvalue weighted by Crippen LogP contribution is 2.46. The predicted molar refractivity (Wildman–Crippen MR) is 87.4 cm³/mol. The lowest BCUT2D eigenvalue weighted by Crippen LogP contribution is -2.59. The lowest BCUT2D eigenvalue weighted by Gasteiger charge is -2.47. The van der Waals surface area contributed by atoms with E-state index >= 15 is 0 Å². The van der Waals surface area contributed by atoms with Crippen LogP contribution in [0, 0.1) is 6.92 Å². The molecule has 0 aromatic carbocycles. The van der Waals surface area contributed by atoms with Gasteiger partial charge in [-0.25, -0.2) is 4.98 Å². The quantitative estimate of drug-likeness (QED) is 0.866. The monoisotopic (exact) mass is 314 g/mol. The number of pyridine rings is 1. The highest BCUT2D eigenvalue weighted by atomic mass is 32.2. The van der Waals surface area contributed by atoms with Gasteiger partial charge in [-0.3, -0.25) is 0 Å². The van der Waals surface area contributed by atoms with Crippen LogP contribution in [0.1, 0.15) is 12.1 Å². The van der Waals surface area contributed by atoms with Gasteiger partial charge in [0, 0.05) is 37.5 Å². The zero-order valence-corrected chi connectivity index (χ0v) is 13.3. The maximum atomic E-state index is 5.98. The average Bonchev–Trinajstić information content (AvgIpc) is 2.92. The number of rotatable bonds is 3. The van der Waals surface area contributed by atoms with Gasteiger partial charge in [-0.05, 0) is 25.1 Å². The van der Waals surface area contributed by atoms with Crippen LogP contribution in [-0.4, -0.2) is 44.9 Å². The number of aryl methyl sites for hydroxylation is 1. The Bertz CT molecular complexity index is 643. The zero-order valence-electron chi connectivity index (χ0n) is 12.5. The van der Waals surface area contributed by atoms with Crippen LogP contribution in [0.25, 0.3) is 0 Å². The molecule has 2 aliphatic heterocycles. The van der Waals surface area contributed by atoms with Gasteiger partial charge in [0.25, 0.3) is 0 Å². The molecule has 2 aliphatic rings. The summed E-state index contributed by atoms with van der Waals surface area (Å²) in [5.41, 5.74) is 0.957. The minimum atomic E-state index is 0.256. The molecular weight excluding hydrogens is 296 g/mol. The maximum Gasteiger partial charge on any atom is 0.213 e. The van der Waals surface area contributed by atoms with Crippen molar-refractivity contribution >= 4 is 17.6 Å². The summed E-state index contributed by atoms with van der Waals surface area (Å²) in [7, 11) is 0. The van der Waals surface area contributed by atoms with Crippen molar-refractivity contribution < 1.29 is 4.74 Å². The van der Waals surface area contributed by atoms with Gasteiger partial charge in [-0.2, -0.15) is 5.10 Å². The molecule has 0 saturated carbocycles. The molecule has 0 amide bonds. The molecule has 0 bridgehead atoms. The fourth-order valence-corrected chi connectivity index (χ4v) is 4.58. The molecule has 2 aromatic rings. The molecule has 2 saturated heterocycles. The topological polar surface area (TPSA) is 51.1 Å². The maximum absolute atomic E-state index is 5.98. The Morgan fingerprint density at radius 3 is 2.86 bits per heavy atom. The first kappa shape index (κ1) is 13.8. The van der Waals surface area contributed by atoms with Gasteiger partial charge in [0.2, 0.25) is 5.88 Å². The molecule has 0 N–H and O–H groups in total. The molecule has 4 heterocycles. The minimum Gasteiger partial charge on any atom is -0.473 e. The minimum absolute atomic E-state index is 0.256. The van der Waals surface area contributed by atoms with Gasteiger partial charge in [0.15, 0.2) is 5.82 Å². The second-order valence-electron chi connectivity index (χ2n) is 5.99. The van der Waals surface area contributed by atoms with E-state index in [1.807, 2.05) is 43.0 Å². The van der Waals surface area contributed by atoms with E-state index in [4.69, 9.17) is 4.74 Å². The standard InChI is InChI=1S/C16H18N4OS/c1-12-5-6-14(19-18-12)20-10-16(11-20)8-13(9-22-16)21-15-4-2-3-7-17-15/h2-7,13H,8-11H2,1H3/t13-/m1/s1. The summed E-state index contributed by atoms with van der Waals surface area (Å²) in [6.07, 6.45) is 3.10. The van der Waals surface area contributed by atoms with E-state index in [0.29, 0.717) is 4.75 Å². The summed E-state index contributed by atoms with van der Waals surface area (Å²) in [6, 6.07) is 9.86. The largest absolute Gasteiger partial charge is 0.473 e. The molecule has 22 heavy (non-hydrogen) atoms.